The first-order valence-corrected chi connectivity index (χ1v) is 12.1. The largest absolute Gasteiger partial charge is 0.457 e. The Kier molecular flexibility index (Phi) is 4.68. The Hall–Kier alpha value is -3.58. The number of nitrogens with zero attached hydrogens (tertiary/aromatic N) is 5. The number of para-hydroxylation sites is 1. The number of tetrazole rings is 1. The van der Waals surface area contributed by atoms with Crippen LogP contribution in [-0.4, -0.2) is 42.6 Å². The molecule has 0 saturated carbocycles. The van der Waals surface area contributed by atoms with Gasteiger partial charge in [0.15, 0.2) is 0 Å². The summed E-state index contributed by atoms with van der Waals surface area (Å²) in [7, 11) is 0. The number of piperidine rings is 1. The zero-order chi connectivity index (χ0) is 22.5. The summed E-state index contributed by atoms with van der Waals surface area (Å²) in [6.45, 7) is 0.956. The van der Waals surface area contributed by atoms with Crippen LogP contribution in [0.5, 0.6) is 11.5 Å². The summed E-state index contributed by atoms with van der Waals surface area (Å²) in [6, 6.07) is 22.4. The highest BCUT2D eigenvalue weighted by molar-refractivity contribution is 5.63. The predicted octanol–water partition coefficient (Wildman–Crippen LogP) is 4.94. The number of pyridine rings is 1. The van der Waals surface area contributed by atoms with Crippen LogP contribution in [0.2, 0.25) is 0 Å². The molecule has 0 spiro atoms. The lowest BCUT2D eigenvalue weighted by Gasteiger charge is -2.43. The van der Waals surface area contributed by atoms with Crippen LogP contribution in [0.3, 0.4) is 0 Å². The van der Waals surface area contributed by atoms with E-state index in [0.29, 0.717) is 29.7 Å². The maximum absolute atomic E-state index is 6.40. The molecule has 3 aliphatic rings. The van der Waals surface area contributed by atoms with Crippen molar-refractivity contribution in [3.8, 4) is 22.9 Å². The molecule has 1 N–H and O–H groups in total. The highest BCUT2D eigenvalue weighted by Gasteiger charge is 2.45. The van der Waals surface area contributed by atoms with E-state index in [1.165, 1.54) is 42.5 Å². The number of hydrogen-bond acceptors (Lipinski definition) is 6. The Morgan fingerprint density at radius 1 is 0.912 bits per heavy atom. The number of H-pyrrole nitrogens is 1. The molecule has 2 fully saturated rings. The molecule has 7 nitrogen and oxygen atoms in total. The Morgan fingerprint density at radius 3 is 2.53 bits per heavy atom. The van der Waals surface area contributed by atoms with Crippen LogP contribution in [0.1, 0.15) is 48.4 Å². The fourth-order valence-corrected chi connectivity index (χ4v) is 6.45. The molecular weight excluding hydrogens is 424 g/mol. The molecule has 0 radical (unpaired) electrons. The van der Waals surface area contributed by atoms with Gasteiger partial charge in [-0.15, -0.1) is 10.2 Å². The van der Waals surface area contributed by atoms with Crippen LogP contribution in [0.25, 0.3) is 11.4 Å². The molecule has 3 unspecified atom stereocenters. The second-order valence-corrected chi connectivity index (χ2v) is 9.72. The fraction of sp³-hybridized carbons (Fsp3) is 0.333. The van der Waals surface area contributed by atoms with Crippen LogP contribution in [0.15, 0.2) is 66.9 Å². The van der Waals surface area contributed by atoms with Gasteiger partial charge in [0.25, 0.3) is 0 Å². The van der Waals surface area contributed by atoms with Gasteiger partial charge < -0.3 is 4.74 Å². The molecule has 2 saturated heterocycles. The third kappa shape index (κ3) is 3.30. The molecule has 34 heavy (non-hydrogen) atoms. The van der Waals surface area contributed by atoms with Crippen LogP contribution in [-0.2, 0) is 6.54 Å². The van der Waals surface area contributed by atoms with Crippen molar-refractivity contribution < 1.29 is 4.74 Å². The number of aromatic nitrogens is 5. The van der Waals surface area contributed by atoms with Crippen molar-refractivity contribution in [1.82, 2.24) is 30.5 Å². The third-order valence-electron chi connectivity index (χ3n) is 7.89. The third-order valence-corrected chi connectivity index (χ3v) is 7.89. The summed E-state index contributed by atoms with van der Waals surface area (Å²) in [5.41, 5.74) is 4.67. The normalized spacial score (nSPS) is 25.4. The van der Waals surface area contributed by atoms with Crippen molar-refractivity contribution in [3.63, 3.8) is 0 Å². The van der Waals surface area contributed by atoms with Gasteiger partial charge in [0.1, 0.15) is 11.5 Å². The number of aromatic amines is 1. The topological polar surface area (TPSA) is 79.8 Å². The van der Waals surface area contributed by atoms with E-state index in [-0.39, 0.29) is 0 Å². The first kappa shape index (κ1) is 19.9. The standard InChI is InChI=1S/C27H26N6O/c1-2-7-24-22(6-1)26(23-11-8-17(15-25(23)34-24)27-29-31-32-30-27)18-13-20-9-10-21(14-18)33(20)16-19-5-3-4-12-28-19/h1-8,11-12,15,18,20-21,26H,9-10,13-14,16H2,(H,29,30,31,32). The van der Waals surface area contributed by atoms with Gasteiger partial charge in [-0.2, -0.15) is 5.21 Å². The molecule has 0 amide bonds. The molecule has 2 aromatic heterocycles. The molecule has 7 rings (SSSR count). The number of nitrogens with one attached hydrogen (secondary N) is 1. The Labute approximate surface area is 198 Å². The average molecular weight is 451 g/mol. The van der Waals surface area contributed by atoms with Gasteiger partial charge in [0, 0.05) is 47.4 Å². The van der Waals surface area contributed by atoms with Crippen LogP contribution in [0.4, 0.5) is 0 Å². The van der Waals surface area contributed by atoms with E-state index in [1.807, 2.05) is 12.3 Å². The van der Waals surface area contributed by atoms with Gasteiger partial charge in [-0.05, 0) is 61.1 Å². The molecule has 2 aromatic carbocycles. The second kappa shape index (κ2) is 8.02. The van der Waals surface area contributed by atoms with E-state index in [9.17, 15) is 0 Å². The molecule has 4 aromatic rings. The number of hydrogen-bond donors (Lipinski definition) is 1. The SMILES string of the molecule is c1ccc(CN2C3CCC2CC(C2c4ccccc4Oc4cc(-c5nn[nH]n5)ccc42)C3)nc1. The van der Waals surface area contributed by atoms with Crippen molar-refractivity contribution in [2.45, 2.75) is 50.2 Å². The predicted molar refractivity (Wildman–Crippen MR) is 127 cm³/mol. The summed E-state index contributed by atoms with van der Waals surface area (Å²) in [4.78, 5) is 7.30. The van der Waals surface area contributed by atoms with Crippen molar-refractivity contribution in [2.24, 2.45) is 5.92 Å². The number of fused-ring (bicyclic) bond motifs is 4. The molecule has 2 bridgehead atoms. The van der Waals surface area contributed by atoms with Gasteiger partial charge in [-0.25, -0.2) is 0 Å². The minimum absolute atomic E-state index is 0.333. The molecule has 3 atom stereocenters. The first-order valence-electron chi connectivity index (χ1n) is 12.1. The minimum Gasteiger partial charge on any atom is -0.457 e. The minimum atomic E-state index is 0.333. The van der Waals surface area contributed by atoms with Crippen molar-refractivity contribution >= 4 is 0 Å². The maximum Gasteiger partial charge on any atom is 0.204 e. The molecular formula is C27H26N6O. The Balaban J connectivity index is 1.22. The van der Waals surface area contributed by atoms with Crippen molar-refractivity contribution in [1.29, 1.82) is 0 Å². The lowest BCUT2D eigenvalue weighted by atomic mass is 9.72. The Morgan fingerprint density at radius 2 is 1.74 bits per heavy atom. The van der Waals surface area contributed by atoms with E-state index < -0.39 is 0 Å². The molecule has 0 aliphatic carbocycles. The molecule has 3 aliphatic heterocycles. The van der Waals surface area contributed by atoms with Gasteiger partial charge in [0.2, 0.25) is 5.82 Å². The van der Waals surface area contributed by atoms with Gasteiger partial charge in [-0.3, -0.25) is 9.88 Å². The summed E-state index contributed by atoms with van der Waals surface area (Å²) in [6.07, 6.45) is 6.87. The quantitative estimate of drug-likeness (QED) is 0.474. The summed E-state index contributed by atoms with van der Waals surface area (Å²) in [5, 5.41) is 14.5. The van der Waals surface area contributed by atoms with Gasteiger partial charge >= 0.3 is 0 Å². The molecule has 5 heterocycles. The number of ether oxygens (including phenoxy) is 1. The van der Waals surface area contributed by atoms with E-state index in [0.717, 1.165) is 23.6 Å². The lowest BCUT2D eigenvalue weighted by molar-refractivity contribution is 0.0876. The number of benzene rings is 2. The van der Waals surface area contributed by atoms with E-state index >= 15 is 0 Å². The molecule has 7 heteroatoms. The smallest absolute Gasteiger partial charge is 0.204 e. The molecule has 170 valence electrons. The summed E-state index contributed by atoms with van der Waals surface area (Å²) >= 11 is 0. The van der Waals surface area contributed by atoms with Crippen molar-refractivity contribution in [2.75, 3.05) is 0 Å². The van der Waals surface area contributed by atoms with E-state index in [4.69, 9.17) is 4.74 Å². The number of rotatable bonds is 4. The van der Waals surface area contributed by atoms with Gasteiger partial charge in [0.05, 0.1) is 5.69 Å². The zero-order valence-corrected chi connectivity index (χ0v) is 18.8. The van der Waals surface area contributed by atoms with E-state index in [2.05, 4.69) is 85.1 Å². The fourth-order valence-electron chi connectivity index (χ4n) is 6.45. The maximum atomic E-state index is 6.40. The van der Waals surface area contributed by atoms with Crippen LogP contribution >= 0.6 is 0 Å². The second-order valence-electron chi connectivity index (χ2n) is 9.72. The monoisotopic (exact) mass is 450 g/mol. The summed E-state index contributed by atoms with van der Waals surface area (Å²) in [5.74, 6) is 3.38. The van der Waals surface area contributed by atoms with Crippen LogP contribution < -0.4 is 4.74 Å². The average Bonchev–Trinajstić information content (AvgIpc) is 3.49. The first-order chi connectivity index (χ1) is 16.8. The summed E-state index contributed by atoms with van der Waals surface area (Å²) < 4.78 is 6.40. The van der Waals surface area contributed by atoms with Gasteiger partial charge in [-0.1, -0.05) is 36.4 Å². The van der Waals surface area contributed by atoms with Crippen molar-refractivity contribution in [3.05, 3.63) is 83.7 Å². The zero-order valence-electron chi connectivity index (χ0n) is 18.8. The Bertz CT molecular complexity index is 1290. The van der Waals surface area contributed by atoms with E-state index in [1.54, 1.807) is 0 Å². The lowest BCUT2D eigenvalue weighted by Crippen LogP contribution is -2.44. The van der Waals surface area contributed by atoms with Crippen LogP contribution in [0, 0.1) is 5.92 Å². The highest BCUT2D eigenvalue weighted by atomic mass is 16.5. The highest BCUT2D eigenvalue weighted by Crippen LogP contribution is 2.53.